The van der Waals surface area contributed by atoms with Gasteiger partial charge in [0, 0.05) is 32.2 Å². The molecule has 86 valence electrons. The van der Waals surface area contributed by atoms with E-state index in [4.69, 9.17) is 4.74 Å². The maximum Gasteiger partial charge on any atom is 0.0477 e. The van der Waals surface area contributed by atoms with E-state index in [9.17, 15) is 0 Å². The third kappa shape index (κ3) is 7.31. The molecule has 0 fully saturated rings. The summed E-state index contributed by atoms with van der Waals surface area (Å²) in [6.45, 7) is 5.59. The molecule has 0 unspecified atom stereocenters. The number of rotatable bonds is 7. The van der Waals surface area contributed by atoms with Gasteiger partial charge in [-0.1, -0.05) is 0 Å². The van der Waals surface area contributed by atoms with E-state index in [0.29, 0.717) is 0 Å². The van der Waals surface area contributed by atoms with E-state index in [1.807, 2.05) is 31.5 Å². The highest BCUT2D eigenvalue weighted by Crippen LogP contribution is 1.94. The van der Waals surface area contributed by atoms with Crippen molar-refractivity contribution >= 4 is 12.4 Å². The van der Waals surface area contributed by atoms with Crippen LogP contribution in [0.25, 0.3) is 0 Å². The van der Waals surface area contributed by atoms with Crippen LogP contribution in [0.15, 0.2) is 24.5 Å². The Balaban J connectivity index is 0.00000196. The molecule has 0 saturated heterocycles. The fourth-order valence-corrected chi connectivity index (χ4v) is 1.18. The van der Waals surface area contributed by atoms with Crippen molar-refractivity contribution in [3.63, 3.8) is 0 Å². The number of nitrogens with zero attached hydrogens (tertiary/aromatic N) is 1. The fraction of sp³-hybridized carbons (Fsp3) is 0.545. The second-order valence-corrected chi connectivity index (χ2v) is 3.08. The lowest BCUT2D eigenvalue weighted by Crippen LogP contribution is -2.16. The van der Waals surface area contributed by atoms with Gasteiger partial charge in [-0.2, -0.15) is 0 Å². The molecular formula is C11H19ClN2O. The minimum atomic E-state index is 0. The van der Waals surface area contributed by atoms with Crippen molar-refractivity contribution in [1.29, 1.82) is 0 Å². The zero-order valence-corrected chi connectivity index (χ0v) is 9.93. The molecule has 1 heterocycles. The molecule has 0 saturated carbocycles. The van der Waals surface area contributed by atoms with Crippen LogP contribution >= 0.6 is 12.4 Å². The predicted octanol–water partition coefficient (Wildman–Crippen LogP) is 2.02. The molecule has 0 bridgehead atoms. The third-order valence-electron chi connectivity index (χ3n) is 1.92. The van der Waals surface area contributed by atoms with E-state index < -0.39 is 0 Å². The lowest BCUT2D eigenvalue weighted by atomic mass is 10.3. The van der Waals surface area contributed by atoms with Gasteiger partial charge in [0.25, 0.3) is 0 Å². The van der Waals surface area contributed by atoms with Crippen LogP contribution in [0.2, 0.25) is 0 Å². The lowest BCUT2D eigenvalue weighted by Gasteiger charge is -2.04. The number of aromatic nitrogens is 1. The molecule has 15 heavy (non-hydrogen) atoms. The average Bonchev–Trinajstić information content (AvgIpc) is 2.25. The van der Waals surface area contributed by atoms with Crippen LogP contribution in [0.4, 0.5) is 0 Å². The van der Waals surface area contributed by atoms with Gasteiger partial charge in [0.05, 0.1) is 0 Å². The van der Waals surface area contributed by atoms with Gasteiger partial charge in [0.15, 0.2) is 0 Å². The van der Waals surface area contributed by atoms with Crippen LogP contribution < -0.4 is 5.32 Å². The molecule has 3 nitrogen and oxygen atoms in total. The first-order chi connectivity index (χ1) is 6.93. The highest BCUT2D eigenvalue weighted by atomic mass is 35.5. The Morgan fingerprint density at radius 3 is 2.73 bits per heavy atom. The SMILES string of the molecule is CCOCCCNCc1ccncc1.Cl. The van der Waals surface area contributed by atoms with Crippen molar-refractivity contribution in [3.8, 4) is 0 Å². The summed E-state index contributed by atoms with van der Waals surface area (Å²) < 4.78 is 5.24. The van der Waals surface area contributed by atoms with E-state index >= 15 is 0 Å². The van der Waals surface area contributed by atoms with Gasteiger partial charge in [-0.25, -0.2) is 0 Å². The summed E-state index contributed by atoms with van der Waals surface area (Å²) in [6.07, 6.45) is 4.70. The molecule has 0 aromatic carbocycles. The van der Waals surface area contributed by atoms with E-state index in [1.165, 1.54) is 5.56 Å². The standard InChI is InChI=1S/C11H18N2O.ClH/c1-2-14-9-3-6-13-10-11-4-7-12-8-5-11;/h4-5,7-8,13H,2-3,6,9-10H2,1H3;1H. The molecule has 1 aromatic rings. The Morgan fingerprint density at radius 1 is 1.33 bits per heavy atom. The second kappa shape index (κ2) is 9.90. The van der Waals surface area contributed by atoms with Gasteiger partial charge in [-0.05, 0) is 37.6 Å². The summed E-state index contributed by atoms with van der Waals surface area (Å²) in [5, 5.41) is 3.35. The summed E-state index contributed by atoms with van der Waals surface area (Å²) >= 11 is 0. The Labute approximate surface area is 97.7 Å². The number of pyridine rings is 1. The number of hydrogen-bond acceptors (Lipinski definition) is 3. The highest BCUT2D eigenvalue weighted by Gasteiger charge is 1.90. The molecule has 0 atom stereocenters. The van der Waals surface area contributed by atoms with Gasteiger partial charge in [0.1, 0.15) is 0 Å². The summed E-state index contributed by atoms with van der Waals surface area (Å²) in [4.78, 5) is 3.97. The zero-order valence-electron chi connectivity index (χ0n) is 9.11. The second-order valence-electron chi connectivity index (χ2n) is 3.08. The zero-order chi connectivity index (χ0) is 10.1. The topological polar surface area (TPSA) is 34.1 Å². The molecule has 0 aliphatic rings. The first-order valence-electron chi connectivity index (χ1n) is 5.11. The largest absolute Gasteiger partial charge is 0.382 e. The van der Waals surface area contributed by atoms with Gasteiger partial charge < -0.3 is 10.1 Å². The van der Waals surface area contributed by atoms with Gasteiger partial charge >= 0.3 is 0 Å². The molecule has 1 N–H and O–H groups in total. The van der Waals surface area contributed by atoms with E-state index in [-0.39, 0.29) is 12.4 Å². The highest BCUT2D eigenvalue weighted by molar-refractivity contribution is 5.85. The molecule has 0 aliphatic heterocycles. The Kier molecular flexibility index (Phi) is 9.48. The lowest BCUT2D eigenvalue weighted by molar-refractivity contribution is 0.144. The average molecular weight is 231 g/mol. The van der Waals surface area contributed by atoms with E-state index in [1.54, 1.807) is 0 Å². The van der Waals surface area contributed by atoms with Crippen molar-refractivity contribution < 1.29 is 4.74 Å². The monoisotopic (exact) mass is 230 g/mol. The molecule has 0 radical (unpaired) electrons. The summed E-state index contributed by atoms with van der Waals surface area (Å²) in [5.74, 6) is 0. The number of nitrogens with one attached hydrogen (secondary N) is 1. The van der Waals surface area contributed by atoms with Crippen LogP contribution in [-0.4, -0.2) is 24.7 Å². The maximum atomic E-state index is 5.24. The molecule has 1 aromatic heterocycles. The molecular weight excluding hydrogens is 212 g/mol. The van der Waals surface area contributed by atoms with Crippen LogP contribution in [0.5, 0.6) is 0 Å². The summed E-state index contributed by atoms with van der Waals surface area (Å²) in [5.41, 5.74) is 1.27. The van der Waals surface area contributed by atoms with Gasteiger partial charge in [-0.15, -0.1) is 12.4 Å². The summed E-state index contributed by atoms with van der Waals surface area (Å²) in [7, 11) is 0. The third-order valence-corrected chi connectivity index (χ3v) is 1.92. The van der Waals surface area contributed by atoms with Crippen LogP contribution in [0, 0.1) is 0 Å². The van der Waals surface area contributed by atoms with Crippen molar-refractivity contribution in [2.24, 2.45) is 0 Å². The van der Waals surface area contributed by atoms with Gasteiger partial charge in [-0.3, -0.25) is 4.98 Å². The normalized spacial score (nSPS) is 9.67. The molecule has 4 heteroatoms. The Morgan fingerprint density at radius 2 is 2.07 bits per heavy atom. The first-order valence-corrected chi connectivity index (χ1v) is 5.11. The number of hydrogen-bond donors (Lipinski definition) is 1. The van der Waals surface area contributed by atoms with E-state index in [0.717, 1.165) is 32.7 Å². The van der Waals surface area contributed by atoms with Gasteiger partial charge in [0.2, 0.25) is 0 Å². The molecule has 0 amide bonds. The van der Waals surface area contributed by atoms with Crippen molar-refractivity contribution in [2.45, 2.75) is 19.9 Å². The van der Waals surface area contributed by atoms with Crippen molar-refractivity contribution in [3.05, 3.63) is 30.1 Å². The maximum absolute atomic E-state index is 5.24. The van der Waals surface area contributed by atoms with E-state index in [2.05, 4.69) is 10.3 Å². The van der Waals surface area contributed by atoms with Crippen LogP contribution in [0.3, 0.4) is 0 Å². The fourth-order valence-electron chi connectivity index (χ4n) is 1.18. The Bertz CT molecular complexity index is 231. The minimum absolute atomic E-state index is 0. The van der Waals surface area contributed by atoms with Crippen LogP contribution in [-0.2, 0) is 11.3 Å². The van der Waals surface area contributed by atoms with Crippen LogP contribution in [0.1, 0.15) is 18.9 Å². The minimum Gasteiger partial charge on any atom is -0.382 e. The molecule has 1 rings (SSSR count). The van der Waals surface area contributed by atoms with Crippen molar-refractivity contribution in [2.75, 3.05) is 19.8 Å². The van der Waals surface area contributed by atoms with Crippen molar-refractivity contribution in [1.82, 2.24) is 10.3 Å². The first kappa shape index (κ1) is 14.4. The quantitative estimate of drug-likeness (QED) is 0.728. The molecule has 0 aliphatic carbocycles. The Hall–Kier alpha value is -0.640. The molecule has 0 spiro atoms. The number of ether oxygens (including phenoxy) is 1. The smallest absolute Gasteiger partial charge is 0.0477 e. The summed E-state index contributed by atoms with van der Waals surface area (Å²) in [6, 6.07) is 4.05. The predicted molar refractivity (Wildman–Crippen MR) is 64.3 cm³/mol. The number of halogens is 1.